The summed E-state index contributed by atoms with van der Waals surface area (Å²) < 4.78 is 0. The van der Waals surface area contributed by atoms with Crippen molar-refractivity contribution >= 4 is 64.5 Å². The number of aryl methyl sites for hydroxylation is 1. The number of rotatable bonds is 7. The summed E-state index contributed by atoms with van der Waals surface area (Å²) in [7, 11) is 1.72. The van der Waals surface area contributed by atoms with Gasteiger partial charge in [-0.2, -0.15) is 0 Å². The molecule has 26 heavy (non-hydrogen) atoms. The summed E-state index contributed by atoms with van der Waals surface area (Å²) in [5.41, 5.74) is 0.749. The number of thiazole rings is 1. The number of carbonyl (C=O) groups is 1. The van der Waals surface area contributed by atoms with Crippen molar-refractivity contribution in [2.24, 2.45) is 4.99 Å². The van der Waals surface area contributed by atoms with Crippen LogP contribution in [0.1, 0.15) is 22.7 Å². The molecule has 1 amide bonds. The molecule has 0 atom stereocenters. The molecule has 0 radical (unpaired) electrons. The molecule has 0 saturated heterocycles. The molecule has 0 saturated carbocycles. The maximum atomic E-state index is 11.9. The monoisotopic (exact) mass is 507 g/mol. The van der Waals surface area contributed by atoms with Gasteiger partial charge >= 0.3 is 0 Å². The van der Waals surface area contributed by atoms with Crippen LogP contribution < -0.4 is 16.0 Å². The average molecular weight is 508 g/mol. The van der Waals surface area contributed by atoms with Crippen molar-refractivity contribution < 1.29 is 4.79 Å². The largest absolute Gasteiger partial charge is 0.356 e. The van der Waals surface area contributed by atoms with Gasteiger partial charge in [0.25, 0.3) is 0 Å². The Labute approximate surface area is 179 Å². The first-order valence-corrected chi connectivity index (χ1v) is 9.17. The van der Waals surface area contributed by atoms with E-state index in [1.54, 1.807) is 42.6 Å². The lowest BCUT2D eigenvalue weighted by Crippen LogP contribution is -2.37. The smallest absolute Gasteiger partial charge is 0.224 e. The number of nitrogens with zero attached hydrogens (tertiary/aromatic N) is 2. The molecule has 1 aromatic carbocycles. The molecule has 0 unspecified atom stereocenters. The number of amides is 1. The lowest BCUT2D eigenvalue weighted by atomic mass is 10.2. The highest BCUT2D eigenvalue weighted by atomic mass is 127. The number of halogens is 2. The summed E-state index contributed by atoms with van der Waals surface area (Å²) in [5, 5.41) is 10.9. The zero-order valence-corrected chi connectivity index (χ0v) is 18.6. The standard InChI is InChI=1S/C17H22ClN5OS.HI/c1-12-10-21-16(25-12)11-22-17(19-2)20-9-3-4-15(24)23-14-7-5-13(18)6-8-14;/h5-8,10H,3-4,9,11H2,1-2H3,(H,23,24)(H2,19,20,22);1H. The summed E-state index contributed by atoms with van der Waals surface area (Å²) in [6.07, 6.45) is 2.99. The summed E-state index contributed by atoms with van der Waals surface area (Å²) >= 11 is 7.48. The predicted molar refractivity (Wildman–Crippen MR) is 120 cm³/mol. The van der Waals surface area contributed by atoms with Crippen LogP contribution in [0, 0.1) is 6.92 Å². The van der Waals surface area contributed by atoms with E-state index in [1.807, 2.05) is 13.1 Å². The van der Waals surface area contributed by atoms with Gasteiger partial charge in [-0.1, -0.05) is 11.6 Å². The van der Waals surface area contributed by atoms with Gasteiger partial charge in [-0.05, 0) is 37.6 Å². The van der Waals surface area contributed by atoms with E-state index in [4.69, 9.17) is 11.6 Å². The van der Waals surface area contributed by atoms with Crippen LogP contribution in [0.2, 0.25) is 5.02 Å². The van der Waals surface area contributed by atoms with Crippen molar-refractivity contribution in [3.8, 4) is 0 Å². The van der Waals surface area contributed by atoms with E-state index in [2.05, 4.69) is 25.9 Å². The van der Waals surface area contributed by atoms with Crippen LogP contribution in [0.25, 0.3) is 0 Å². The lowest BCUT2D eigenvalue weighted by Gasteiger charge is -2.11. The Morgan fingerprint density at radius 2 is 2.00 bits per heavy atom. The SMILES string of the molecule is CN=C(NCCCC(=O)Nc1ccc(Cl)cc1)NCc1ncc(C)s1.I. The molecule has 0 aliphatic heterocycles. The van der Waals surface area contributed by atoms with Crippen LogP contribution in [0.4, 0.5) is 5.69 Å². The maximum Gasteiger partial charge on any atom is 0.224 e. The molecule has 2 rings (SSSR count). The highest BCUT2D eigenvalue weighted by Gasteiger charge is 2.04. The topological polar surface area (TPSA) is 78.4 Å². The molecular formula is C17H23ClIN5OS. The first kappa shape index (κ1) is 22.7. The van der Waals surface area contributed by atoms with Crippen molar-refractivity contribution in [3.05, 3.63) is 45.4 Å². The molecule has 0 bridgehead atoms. The molecular weight excluding hydrogens is 485 g/mol. The average Bonchev–Trinajstić information content (AvgIpc) is 3.02. The van der Waals surface area contributed by atoms with Crippen molar-refractivity contribution in [1.29, 1.82) is 0 Å². The molecule has 0 aliphatic carbocycles. The van der Waals surface area contributed by atoms with Crippen LogP contribution >= 0.6 is 46.9 Å². The molecule has 1 heterocycles. The summed E-state index contributed by atoms with van der Waals surface area (Å²) in [4.78, 5) is 21.5. The van der Waals surface area contributed by atoms with E-state index in [0.29, 0.717) is 36.9 Å². The van der Waals surface area contributed by atoms with Crippen LogP contribution in [0.5, 0.6) is 0 Å². The van der Waals surface area contributed by atoms with E-state index in [-0.39, 0.29) is 29.9 Å². The number of nitrogens with one attached hydrogen (secondary N) is 3. The molecule has 0 spiro atoms. The zero-order valence-electron chi connectivity index (χ0n) is 14.7. The molecule has 142 valence electrons. The van der Waals surface area contributed by atoms with Gasteiger partial charge in [0.05, 0.1) is 6.54 Å². The van der Waals surface area contributed by atoms with Crippen LogP contribution in [0.15, 0.2) is 35.5 Å². The Balaban J connectivity index is 0.00000338. The van der Waals surface area contributed by atoms with Gasteiger partial charge in [0, 0.05) is 41.8 Å². The van der Waals surface area contributed by atoms with E-state index < -0.39 is 0 Å². The van der Waals surface area contributed by atoms with Crippen LogP contribution in [-0.4, -0.2) is 30.4 Å². The Bertz CT molecular complexity index is 720. The highest BCUT2D eigenvalue weighted by molar-refractivity contribution is 14.0. The van der Waals surface area contributed by atoms with Crippen molar-refractivity contribution in [2.75, 3.05) is 18.9 Å². The normalized spacial score (nSPS) is 10.8. The third-order valence-corrected chi connectivity index (χ3v) is 4.47. The molecule has 3 N–H and O–H groups in total. The third-order valence-electron chi connectivity index (χ3n) is 3.30. The molecule has 2 aromatic rings. The van der Waals surface area contributed by atoms with Gasteiger partial charge < -0.3 is 16.0 Å². The molecule has 9 heteroatoms. The van der Waals surface area contributed by atoms with E-state index >= 15 is 0 Å². The second kappa shape index (κ2) is 12.1. The fourth-order valence-electron chi connectivity index (χ4n) is 2.08. The summed E-state index contributed by atoms with van der Waals surface area (Å²) in [6, 6.07) is 7.06. The third kappa shape index (κ3) is 8.33. The Morgan fingerprint density at radius 1 is 1.27 bits per heavy atom. The fraction of sp³-hybridized carbons (Fsp3) is 0.353. The summed E-state index contributed by atoms with van der Waals surface area (Å²) in [6.45, 7) is 3.32. The molecule has 0 aliphatic rings. The van der Waals surface area contributed by atoms with Gasteiger partial charge in [-0.25, -0.2) is 4.98 Å². The minimum Gasteiger partial charge on any atom is -0.356 e. The number of hydrogen-bond acceptors (Lipinski definition) is 4. The second-order valence-electron chi connectivity index (χ2n) is 5.38. The van der Waals surface area contributed by atoms with Crippen molar-refractivity contribution in [3.63, 3.8) is 0 Å². The van der Waals surface area contributed by atoms with Crippen molar-refractivity contribution in [1.82, 2.24) is 15.6 Å². The maximum absolute atomic E-state index is 11.9. The first-order valence-electron chi connectivity index (χ1n) is 7.98. The number of aliphatic imine (C=N–C) groups is 1. The van der Waals surface area contributed by atoms with Crippen LogP contribution in [0.3, 0.4) is 0 Å². The van der Waals surface area contributed by atoms with E-state index in [0.717, 1.165) is 10.7 Å². The minimum absolute atomic E-state index is 0. The molecule has 6 nitrogen and oxygen atoms in total. The van der Waals surface area contributed by atoms with Crippen LogP contribution in [-0.2, 0) is 11.3 Å². The fourth-order valence-corrected chi connectivity index (χ4v) is 2.93. The number of hydrogen-bond donors (Lipinski definition) is 3. The van der Waals surface area contributed by atoms with Gasteiger partial charge in [-0.15, -0.1) is 35.3 Å². The van der Waals surface area contributed by atoms with E-state index in [1.165, 1.54) is 4.88 Å². The lowest BCUT2D eigenvalue weighted by molar-refractivity contribution is -0.116. The predicted octanol–water partition coefficient (Wildman–Crippen LogP) is 3.81. The van der Waals surface area contributed by atoms with Crippen molar-refractivity contribution in [2.45, 2.75) is 26.3 Å². The number of guanidine groups is 1. The number of benzene rings is 1. The quantitative estimate of drug-likeness (QED) is 0.230. The molecule has 0 fully saturated rings. The number of aromatic nitrogens is 1. The Hall–Kier alpha value is -1.39. The molecule has 1 aromatic heterocycles. The van der Waals surface area contributed by atoms with E-state index in [9.17, 15) is 4.79 Å². The Kier molecular flexibility index (Phi) is 10.5. The number of anilines is 1. The number of carbonyl (C=O) groups excluding carboxylic acids is 1. The summed E-state index contributed by atoms with van der Waals surface area (Å²) in [5.74, 6) is 0.677. The second-order valence-corrected chi connectivity index (χ2v) is 7.13. The minimum atomic E-state index is -0.0228. The highest BCUT2D eigenvalue weighted by Crippen LogP contribution is 2.13. The Morgan fingerprint density at radius 3 is 2.62 bits per heavy atom. The van der Waals surface area contributed by atoms with Gasteiger partial charge in [-0.3, -0.25) is 9.79 Å². The zero-order chi connectivity index (χ0) is 18.1. The van der Waals surface area contributed by atoms with Gasteiger partial charge in [0.2, 0.25) is 5.91 Å². The first-order chi connectivity index (χ1) is 12.1. The van der Waals surface area contributed by atoms with Gasteiger partial charge in [0.1, 0.15) is 5.01 Å². The van der Waals surface area contributed by atoms with Gasteiger partial charge in [0.15, 0.2) is 5.96 Å².